The van der Waals surface area contributed by atoms with Gasteiger partial charge in [0.05, 0.1) is 23.3 Å². The lowest BCUT2D eigenvalue weighted by Gasteiger charge is -2.30. The van der Waals surface area contributed by atoms with E-state index in [1.165, 1.54) is 25.3 Å². The number of nitrogens with one attached hydrogen (secondary N) is 1. The number of amides is 1. The molecular formula is C26H26N2O5S. The maximum Gasteiger partial charge on any atom is 0.261 e. The summed E-state index contributed by atoms with van der Waals surface area (Å²) in [6.45, 7) is 3.47. The predicted octanol–water partition coefficient (Wildman–Crippen LogP) is 5.27. The molecule has 1 aliphatic heterocycles. The molecule has 3 aromatic carbocycles. The number of sulfonamides is 1. The molecule has 1 aliphatic rings. The average molecular weight is 479 g/mol. The fourth-order valence-corrected chi connectivity index (χ4v) is 5.48. The number of hydrogen-bond acceptors (Lipinski definition) is 5. The minimum absolute atomic E-state index is 0.00766. The van der Waals surface area contributed by atoms with Gasteiger partial charge in [0.2, 0.25) is 0 Å². The Hall–Kier alpha value is -3.52. The summed E-state index contributed by atoms with van der Waals surface area (Å²) in [4.78, 5) is 14.9. The lowest BCUT2D eigenvalue weighted by molar-refractivity contribution is 0.0693. The van der Waals surface area contributed by atoms with E-state index >= 15 is 0 Å². The van der Waals surface area contributed by atoms with Gasteiger partial charge in [0.1, 0.15) is 16.9 Å². The van der Waals surface area contributed by atoms with Crippen LogP contribution < -0.4 is 9.46 Å². The molecule has 0 saturated carbocycles. The molecule has 5 rings (SSSR count). The van der Waals surface area contributed by atoms with Crippen molar-refractivity contribution in [1.29, 1.82) is 0 Å². The molecule has 0 spiro atoms. The largest absolute Gasteiger partial charge is 0.496 e. The van der Waals surface area contributed by atoms with E-state index in [1.807, 2.05) is 30.3 Å². The van der Waals surface area contributed by atoms with Crippen LogP contribution in [0.5, 0.6) is 5.75 Å². The number of fused-ring (bicyclic) bond motifs is 3. The van der Waals surface area contributed by atoms with Gasteiger partial charge < -0.3 is 14.1 Å². The molecule has 1 aromatic heterocycles. The molecule has 34 heavy (non-hydrogen) atoms. The van der Waals surface area contributed by atoms with Crippen LogP contribution in [0.2, 0.25) is 0 Å². The van der Waals surface area contributed by atoms with E-state index in [2.05, 4.69) is 11.6 Å². The third-order valence-electron chi connectivity index (χ3n) is 6.41. The first-order chi connectivity index (χ1) is 16.4. The third-order valence-corrected chi connectivity index (χ3v) is 7.79. The van der Waals surface area contributed by atoms with E-state index in [0.717, 1.165) is 29.2 Å². The minimum Gasteiger partial charge on any atom is -0.496 e. The molecule has 0 unspecified atom stereocenters. The minimum atomic E-state index is -3.95. The lowest BCUT2D eigenvalue weighted by atomic mass is 9.98. The molecule has 8 heteroatoms. The Labute approximate surface area is 198 Å². The van der Waals surface area contributed by atoms with Crippen molar-refractivity contribution < 1.29 is 22.4 Å². The van der Waals surface area contributed by atoms with Crippen LogP contribution in [-0.4, -0.2) is 39.4 Å². The summed E-state index contributed by atoms with van der Waals surface area (Å²) < 4.78 is 40.2. The van der Waals surface area contributed by atoms with Crippen LogP contribution in [0.4, 0.5) is 5.69 Å². The van der Waals surface area contributed by atoms with Gasteiger partial charge in [-0.2, -0.15) is 0 Å². The van der Waals surface area contributed by atoms with Gasteiger partial charge in [-0.15, -0.1) is 0 Å². The molecule has 0 radical (unpaired) electrons. The first kappa shape index (κ1) is 22.3. The summed E-state index contributed by atoms with van der Waals surface area (Å²) in [6, 6.07) is 17.2. The molecule has 7 nitrogen and oxygen atoms in total. The standard InChI is InChI=1S/C26H26N2O5S/c1-17-11-13-28(14-12-17)26(29)22-16-19(8-10-23(22)32-2)34(30,31)27-18-7-9-21-20-5-3-4-6-24(20)33-25(21)15-18/h3-10,15-17,27H,11-14H2,1-2H3. The summed E-state index contributed by atoms with van der Waals surface area (Å²) in [5.41, 5.74) is 1.95. The lowest BCUT2D eigenvalue weighted by Crippen LogP contribution is -2.38. The van der Waals surface area contributed by atoms with E-state index in [4.69, 9.17) is 9.15 Å². The van der Waals surface area contributed by atoms with Gasteiger partial charge in [0, 0.05) is 29.9 Å². The van der Waals surface area contributed by atoms with Gasteiger partial charge in [-0.3, -0.25) is 9.52 Å². The molecule has 1 amide bonds. The van der Waals surface area contributed by atoms with Crippen molar-refractivity contribution in [3.63, 3.8) is 0 Å². The fraction of sp³-hybridized carbons (Fsp3) is 0.269. The van der Waals surface area contributed by atoms with E-state index in [1.54, 1.807) is 17.0 Å². The number of benzene rings is 3. The second-order valence-electron chi connectivity index (χ2n) is 8.75. The molecule has 0 aliphatic carbocycles. The van der Waals surface area contributed by atoms with Crippen molar-refractivity contribution in [3.8, 4) is 5.75 Å². The van der Waals surface area contributed by atoms with Gasteiger partial charge in [-0.1, -0.05) is 25.1 Å². The SMILES string of the molecule is COc1ccc(S(=O)(=O)Nc2ccc3c(c2)oc2ccccc23)cc1C(=O)N1CCC(C)CC1. The summed E-state index contributed by atoms with van der Waals surface area (Å²) in [5.74, 6) is 0.710. The second kappa shape index (κ2) is 8.68. The van der Waals surface area contributed by atoms with E-state index in [0.29, 0.717) is 36.0 Å². The van der Waals surface area contributed by atoms with Gasteiger partial charge in [-0.25, -0.2) is 8.42 Å². The number of hydrogen-bond donors (Lipinski definition) is 1. The van der Waals surface area contributed by atoms with Crippen molar-refractivity contribution in [2.45, 2.75) is 24.7 Å². The summed E-state index contributed by atoms with van der Waals surface area (Å²) in [6.07, 6.45) is 1.86. The molecule has 0 atom stereocenters. The van der Waals surface area contributed by atoms with E-state index in [-0.39, 0.29) is 16.4 Å². The highest BCUT2D eigenvalue weighted by molar-refractivity contribution is 7.92. The Bertz CT molecular complexity index is 1480. The van der Waals surface area contributed by atoms with Gasteiger partial charge >= 0.3 is 0 Å². The Kier molecular flexibility index (Phi) is 5.69. The Morgan fingerprint density at radius 2 is 1.74 bits per heavy atom. The first-order valence-electron chi connectivity index (χ1n) is 11.3. The number of nitrogens with zero attached hydrogens (tertiary/aromatic N) is 1. The van der Waals surface area contributed by atoms with Gasteiger partial charge in [0.15, 0.2) is 0 Å². The molecule has 0 bridgehead atoms. The van der Waals surface area contributed by atoms with Crippen molar-refractivity contribution >= 4 is 43.6 Å². The van der Waals surface area contributed by atoms with Crippen LogP contribution in [0, 0.1) is 5.92 Å². The topological polar surface area (TPSA) is 88.9 Å². The number of rotatable bonds is 5. The van der Waals surface area contributed by atoms with E-state index in [9.17, 15) is 13.2 Å². The van der Waals surface area contributed by atoms with E-state index < -0.39 is 10.0 Å². The highest BCUT2D eigenvalue weighted by atomic mass is 32.2. The number of carbonyl (C=O) groups excluding carboxylic acids is 1. The number of likely N-dealkylation sites (tertiary alicyclic amines) is 1. The smallest absolute Gasteiger partial charge is 0.261 e. The Morgan fingerprint density at radius 1 is 1.00 bits per heavy atom. The Morgan fingerprint density at radius 3 is 2.50 bits per heavy atom. The highest BCUT2D eigenvalue weighted by Gasteiger charge is 2.26. The number of para-hydroxylation sites is 1. The van der Waals surface area contributed by atoms with Gasteiger partial charge in [0.25, 0.3) is 15.9 Å². The number of ether oxygens (including phenoxy) is 1. The first-order valence-corrected chi connectivity index (χ1v) is 12.8. The Balaban J connectivity index is 1.45. The number of piperidine rings is 1. The zero-order valence-electron chi connectivity index (χ0n) is 19.1. The molecule has 1 N–H and O–H groups in total. The zero-order chi connectivity index (χ0) is 23.9. The maximum absolute atomic E-state index is 13.2. The highest BCUT2D eigenvalue weighted by Crippen LogP contribution is 2.32. The normalized spacial score (nSPS) is 15.1. The van der Waals surface area contributed by atoms with Crippen LogP contribution in [0.15, 0.2) is 70.0 Å². The average Bonchev–Trinajstić information content (AvgIpc) is 3.21. The predicted molar refractivity (Wildman–Crippen MR) is 132 cm³/mol. The van der Waals surface area contributed by atoms with Crippen molar-refractivity contribution in [1.82, 2.24) is 4.90 Å². The molecule has 176 valence electrons. The second-order valence-corrected chi connectivity index (χ2v) is 10.4. The molecule has 1 fully saturated rings. The van der Waals surface area contributed by atoms with Crippen LogP contribution in [0.3, 0.4) is 0 Å². The number of carbonyl (C=O) groups is 1. The zero-order valence-corrected chi connectivity index (χ0v) is 19.9. The monoisotopic (exact) mass is 478 g/mol. The summed E-state index contributed by atoms with van der Waals surface area (Å²) in [7, 11) is -2.48. The fourth-order valence-electron chi connectivity index (χ4n) is 4.41. The number of anilines is 1. The van der Waals surface area contributed by atoms with Crippen LogP contribution in [-0.2, 0) is 10.0 Å². The van der Waals surface area contributed by atoms with Crippen LogP contribution in [0.1, 0.15) is 30.1 Å². The summed E-state index contributed by atoms with van der Waals surface area (Å²) >= 11 is 0. The maximum atomic E-state index is 13.2. The van der Waals surface area contributed by atoms with Gasteiger partial charge in [-0.05, 0) is 55.2 Å². The number of furan rings is 1. The molecule has 2 heterocycles. The summed E-state index contributed by atoms with van der Waals surface area (Å²) in [5, 5.41) is 1.88. The van der Waals surface area contributed by atoms with Crippen LogP contribution in [0.25, 0.3) is 21.9 Å². The molecular weight excluding hydrogens is 452 g/mol. The quantitative estimate of drug-likeness (QED) is 0.422. The van der Waals surface area contributed by atoms with Crippen molar-refractivity contribution in [3.05, 3.63) is 66.2 Å². The molecule has 1 saturated heterocycles. The number of methoxy groups -OCH3 is 1. The van der Waals surface area contributed by atoms with Crippen LogP contribution >= 0.6 is 0 Å². The van der Waals surface area contributed by atoms with Crippen molar-refractivity contribution in [2.24, 2.45) is 5.92 Å². The van der Waals surface area contributed by atoms with Crippen molar-refractivity contribution in [2.75, 3.05) is 24.9 Å². The molecule has 4 aromatic rings. The third kappa shape index (κ3) is 4.09.